The summed E-state index contributed by atoms with van der Waals surface area (Å²) in [6.45, 7) is 6.49. The van der Waals surface area contributed by atoms with E-state index in [2.05, 4.69) is 26.7 Å². The highest BCUT2D eigenvalue weighted by Gasteiger charge is 2.13. The van der Waals surface area contributed by atoms with Crippen molar-refractivity contribution in [2.24, 2.45) is 0 Å². The predicted molar refractivity (Wildman–Crippen MR) is 72.2 cm³/mol. The number of Topliss-reactive ketones (excluding diaryl/α,β-unsaturated/α-hetero) is 1. The van der Waals surface area contributed by atoms with Crippen molar-refractivity contribution in [1.82, 2.24) is 0 Å². The van der Waals surface area contributed by atoms with Gasteiger partial charge in [0.1, 0.15) is 0 Å². The van der Waals surface area contributed by atoms with Crippen LogP contribution in [0.4, 0.5) is 0 Å². The second-order valence-electron chi connectivity index (χ2n) is 5.31. The first-order valence-electron chi connectivity index (χ1n) is 6.02. The number of benzene rings is 1. The Morgan fingerprint density at radius 2 is 1.82 bits per heavy atom. The summed E-state index contributed by atoms with van der Waals surface area (Å²) in [7, 11) is 0. The van der Waals surface area contributed by atoms with Gasteiger partial charge in [-0.2, -0.15) is 0 Å². The van der Waals surface area contributed by atoms with Gasteiger partial charge in [-0.15, -0.1) is 12.3 Å². The number of ketones is 1. The fourth-order valence-corrected chi connectivity index (χ4v) is 1.65. The summed E-state index contributed by atoms with van der Waals surface area (Å²) < 4.78 is 0. The SMILES string of the molecule is C#CCCCC(=O)c1ccc(C(C)(C)C)cc1. The molecule has 1 heteroatoms. The lowest BCUT2D eigenvalue weighted by Crippen LogP contribution is -2.11. The van der Waals surface area contributed by atoms with Crippen molar-refractivity contribution in [1.29, 1.82) is 0 Å². The topological polar surface area (TPSA) is 17.1 Å². The second-order valence-corrected chi connectivity index (χ2v) is 5.31. The van der Waals surface area contributed by atoms with Crippen molar-refractivity contribution in [3.63, 3.8) is 0 Å². The molecule has 0 fully saturated rings. The Hall–Kier alpha value is -1.55. The summed E-state index contributed by atoms with van der Waals surface area (Å²) in [5, 5.41) is 0. The van der Waals surface area contributed by atoms with Crippen LogP contribution in [-0.4, -0.2) is 5.78 Å². The minimum Gasteiger partial charge on any atom is -0.294 e. The van der Waals surface area contributed by atoms with Gasteiger partial charge in [0.05, 0.1) is 0 Å². The van der Waals surface area contributed by atoms with Gasteiger partial charge in [0, 0.05) is 18.4 Å². The largest absolute Gasteiger partial charge is 0.294 e. The smallest absolute Gasteiger partial charge is 0.162 e. The van der Waals surface area contributed by atoms with Gasteiger partial charge in [0.15, 0.2) is 5.78 Å². The molecule has 0 spiro atoms. The molecular weight excluding hydrogens is 208 g/mol. The van der Waals surface area contributed by atoms with E-state index in [1.165, 1.54) is 5.56 Å². The Bertz CT molecular complexity index is 412. The zero-order valence-corrected chi connectivity index (χ0v) is 10.9. The fourth-order valence-electron chi connectivity index (χ4n) is 1.65. The molecule has 0 saturated heterocycles. The summed E-state index contributed by atoms with van der Waals surface area (Å²) >= 11 is 0. The number of carbonyl (C=O) groups is 1. The van der Waals surface area contributed by atoms with E-state index < -0.39 is 0 Å². The third-order valence-electron chi connectivity index (χ3n) is 2.80. The normalized spacial score (nSPS) is 10.9. The summed E-state index contributed by atoms with van der Waals surface area (Å²) in [6.07, 6.45) is 7.15. The van der Waals surface area contributed by atoms with E-state index in [1.54, 1.807) is 0 Å². The molecule has 1 rings (SSSR count). The van der Waals surface area contributed by atoms with Gasteiger partial charge >= 0.3 is 0 Å². The average Bonchev–Trinajstić information content (AvgIpc) is 2.28. The van der Waals surface area contributed by atoms with Crippen molar-refractivity contribution in [3.05, 3.63) is 35.4 Å². The molecule has 0 radical (unpaired) electrons. The molecule has 0 atom stereocenters. The maximum atomic E-state index is 11.8. The molecule has 0 aliphatic carbocycles. The lowest BCUT2D eigenvalue weighted by atomic mass is 9.86. The van der Waals surface area contributed by atoms with Crippen LogP contribution in [0.2, 0.25) is 0 Å². The second kappa shape index (κ2) is 5.68. The first kappa shape index (κ1) is 13.5. The molecule has 90 valence electrons. The molecule has 1 aromatic rings. The summed E-state index contributed by atoms with van der Waals surface area (Å²) in [6, 6.07) is 7.90. The quantitative estimate of drug-likeness (QED) is 0.433. The number of rotatable bonds is 4. The van der Waals surface area contributed by atoms with Crippen molar-refractivity contribution < 1.29 is 4.79 Å². The minimum atomic E-state index is 0.130. The Labute approximate surface area is 104 Å². The molecule has 0 aromatic heterocycles. The van der Waals surface area contributed by atoms with Crippen LogP contribution < -0.4 is 0 Å². The zero-order chi connectivity index (χ0) is 12.9. The third-order valence-corrected chi connectivity index (χ3v) is 2.80. The first-order valence-corrected chi connectivity index (χ1v) is 6.02. The van der Waals surface area contributed by atoms with E-state index in [0.29, 0.717) is 12.8 Å². The predicted octanol–water partition coefficient (Wildman–Crippen LogP) is 3.97. The number of unbranched alkanes of at least 4 members (excludes halogenated alkanes) is 1. The van der Waals surface area contributed by atoms with Crippen LogP contribution >= 0.6 is 0 Å². The maximum absolute atomic E-state index is 11.8. The molecule has 1 nitrogen and oxygen atoms in total. The van der Waals surface area contributed by atoms with Gasteiger partial charge in [-0.1, -0.05) is 45.0 Å². The fraction of sp³-hybridized carbons (Fsp3) is 0.438. The van der Waals surface area contributed by atoms with Gasteiger partial charge in [-0.05, 0) is 17.4 Å². The van der Waals surface area contributed by atoms with Gasteiger partial charge < -0.3 is 0 Å². The van der Waals surface area contributed by atoms with Crippen molar-refractivity contribution in [2.45, 2.75) is 45.4 Å². The van der Waals surface area contributed by atoms with Crippen molar-refractivity contribution >= 4 is 5.78 Å². The Balaban J connectivity index is 2.68. The molecule has 0 unspecified atom stereocenters. The van der Waals surface area contributed by atoms with E-state index in [-0.39, 0.29) is 11.2 Å². The molecular formula is C16H20O. The lowest BCUT2D eigenvalue weighted by molar-refractivity contribution is 0.0980. The zero-order valence-electron chi connectivity index (χ0n) is 10.9. The molecule has 0 heterocycles. The third kappa shape index (κ3) is 4.07. The number of carbonyl (C=O) groups excluding carboxylic acids is 1. The van der Waals surface area contributed by atoms with Crippen LogP contribution in [-0.2, 0) is 5.41 Å². The molecule has 1 aromatic carbocycles. The van der Waals surface area contributed by atoms with E-state index in [4.69, 9.17) is 6.42 Å². The summed E-state index contributed by atoms with van der Waals surface area (Å²) in [5.41, 5.74) is 2.16. The highest BCUT2D eigenvalue weighted by molar-refractivity contribution is 5.96. The van der Waals surface area contributed by atoms with E-state index in [0.717, 1.165) is 12.0 Å². The van der Waals surface area contributed by atoms with Gasteiger partial charge in [0.25, 0.3) is 0 Å². The molecule has 17 heavy (non-hydrogen) atoms. The number of terminal acetylenes is 1. The standard InChI is InChI=1S/C16H20O/c1-5-6-7-8-15(17)13-9-11-14(12-10-13)16(2,3)4/h1,9-12H,6-8H2,2-4H3. The highest BCUT2D eigenvalue weighted by atomic mass is 16.1. The Kier molecular flexibility index (Phi) is 4.52. The van der Waals surface area contributed by atoms with Crippen LogP contribution in [0.5, 0.6) is 0 Å². The molecule has 0 N–H and O–H groups in total. The van der Waals surface area contributed by atoms with Crippen molar-refractivity contribution in [3.8, 4) is 12.3 Å². The highest BCUT2D eigenvalue weighted by Crippen LogP contribution is 2.22. The van der Waals surface area contributed by atoms with Crippen LogP contribution in [0, 0.1) is 12.3 Å². The van der Waals surface area contributed by atoms with Crippen LogP contribution in [0.15, 0.2) is 24.3 Å². The van der Waals surface area contributed by atoms with Crippen molar-refractivity contribution in [2.75, 3.05) is 0 Å². The van der Waals surface area contributed by atoms with Gasteiger partial charge in [-0.25, -0.2) is 0 Å². The van der Waals surface area contributed by atoms with Gasteiger partial charge in [0.2, 0.25) is 0 Å². The Morgan fingerprint density at radius 1 is 1.24 bits per heavy atom. The van der Waals surface area contributed by atoms with Crippen LogP contribution in [0.25, 0.3) is 0 Å². The summed E-state index contributed by atoms with van der Waals surface area (Å²) in [4.78, 5) is 11.8. The molecule has 0 aliphatic rings. The number of hydrogen-bond acceptors (Lipinski definition) is 1. The molecule has 0 bridgehead atoms. The average molecular weight is 228 g/mol. The van der Waals surface area contributed by atoms with E-state index in [1.807, 2.05) is 24.3 Å². The molecule has 0 saturated carbocycles. The van der Waals surface area contributed by atoms with E-state index >= 15 is 0 Å². The van der Waals surface area contributed by atoms with Crippen LogP contribution in [0.1, 0.15) is 56.0 Å². The van der Waals surface area contributed by atoms with E-state index in [9.17, 15) is 4.79 Å². The summed E-state index contributed by atoms with van der Waals surface area (Å²) in [5.74, 6) is 2.73. The first-order chi connectivity index (χ1) is 7.95. The maximum Gasteiger partial charge on any atom is 0.162 e. The minimum absolute atomic E-state index is 0.130. The van der Waals surface area contributed by atoms with Crippen LogP contribution in [0.3, 0.4) is 0 Å². The molecule has 0 aliphatic heterocycles. The number of hydrogen-bond donors (Lipinski definition) is 0. The monoisotopic (exact) mass is 228 g/mol. The Morgan fingerprint density at radius 3 is 2.29 bits per heavy atom. The molecule has 0 amide bonds. The van der Waals surface area contributed by atoms with Gasteiger partial charge in [-0.3, -0.25) is 4.79 Å². The lowest BCUT2D eigenvalue weighted by Gasteiger charge is -2.18.